The summed E-state index contributed by atoms with van der Waals surface area (Å²) in [6, 6.07) is 0. The third kappa shape index (κ3) is 2.27. The predicted molar refractivity (Wildman–Crippen MR) is 67.7 cm³/mol. The quantitative estimate of drug-likeness (QED) is 0.832. The van der Waals surface area contributed by atoms with Crippen LogP contribution >= 0.6 is 0 Å². The molecular weight excluding hydrogens is 230 g/mol. The normalized spacial score (nSPS) is 19.3. The summed E-state index contributed by atoms with van der Waals surface area (Å²) in [4.78, 5) is 2.25. The number of aromatic amines is 1. The Labute approximate surface area is 105 Å². The number of anilines is 1. The van der Waals surface area contributed by atoms with E-state index in [-0.39, 0.29) is 0 Å². The van der Waals surface area contributed by atoms with Crippen molar-refractivity contribution in [2.75, 3.05) is 24.6 Å². The molecule has 0 aliphatic carbocycles. The van der Waals surface area contributed by atoms with Crippen LogP contribution in [0.25, 0.3) is 0 Å². The molecule has 94 valence electrons. The Bertz CT molecular complexity index is 496. The van der Waals surface area contributed by atoms with E-state index < -0.39 is 0 Å². The minimum Gasteiger partial charge on any atom is -0.472 e. The number of hydrogen-bond acceptors (Lipinski definition) is 5. The van der Waals surface area contributed by atoms with Crippen molar-refractivity contribution in [3.05, 3.63) is 30.3 Å². The molecule has 2 aliphatic rings. The van der Waals surface area contributed by atoms with E-state index in [0.29, 0.717) is 12.5 Å². The Balaban J connectivity index is 1.76. The maximum atomic E-state index is 5.31. The molecule has 1 fully saturated rings. The molecule has 6 heteroatoms. The molecule has 0 spiro atoms. The summed E-state index contributed by atoms with van der Waals surface area (Å²) in [5.41, 5.74) is 0.760. The fourth-order valence-corrected chi connectivity index (χ4v) is 2.07. The van der Waals surface area contributed by atoms with Gasteiger partial charge in [-0.25, -0.2) is 0 Å². The van der Waals surface area contributed by atoms with Crippen LogP contribution in [0.2, 0.25) is 0 Å². The molecule has 3 heterocycles. The van der Waals surface area contributed by atoms with E-state index in [1.165, 1.54) is 12.8 Å². The predicted octanol–water partition coefficient (Wildman–Crippen LogP) is 2.52. The standard InChI is InChI=1S/C12H15N5O/c1-4-8-18-11(5-1)15-14-10-9-13-16-12(10)17-6-2-3-7-17/h1,4-5,9H,2-3,6-8H2,(H,13,16). The van der Waals surface area contributed by atoms with Gasteiger partial charge in [0.1, 0.15) is 12.3 Å². The lowest BCUT2D eigenvalue weighted by Gasteiger charge is -2.14. The van der Waals surface area contributed by atoms with Crippen LogP contribution in [0, 0.1) is 0 Å². The van der Waals surface area contributed by atoms with E-state index in [0.717, 1.165) is 24.6 Å². The second-order valence-electron chi connectivity index (χ2n) is 4.24. The van der Waals surface area contributed by atoms with E-state index in [1.54, 1.807) is 12.3 Å². The summed E-state index contributed by atoms with van der Waals surface area (Å²) in [5.74, 6) is 1.48. The summed E-state index contributed by atoms with van der Waals surface area (Å²) in [6.07, 6.45) is 9.75. The lowest BCUT2D eigenvalue weighted by molar-refractivity contribution is 0.238. The van der Waals surface area contributed by atoms with Gasteiger partial charge in [0.05, 0.1) is 6.20 Å². The van der Waals surface area contributed by atoms with Crippen molar-refractivity contribution in [3.63, 3.8) is 0 Å². The number of rotatable bonds is 3. The molecule has 1 aromatic rings. The van der Waals surface area contributed by atoms with Crippen LogP contribution in [0.1, 0.15) is 12.8 Å². The van der Waals surface area contributed by atoms with Crippen molar-refractivity contribution in [2.45, 2.75) is 12.8 Å². The highest BCUT2D eigenvalue weighted by Gasteiger charge is 2.17. The third-order valence-electron chi connectivity index (χ3n) is 2.98. The number of hydrogen-bond donors (Lipinski definition) is 1. The zero-order valence-electron chi connectivity index (χ0n) is 10.0. The summed E-state index contributed by atoms with van der Waals surface area (Å²) in [6.45, 7) is 2.65. The van der Waals surface area contributed by atoms with E-state index in [9.17, 15) is 0 Å². The molecular formula is C12H15N5O. The van der Waals surface area contributed by atoms with Crippen molar-refractivity contribution in [2.24, 2.45) is 10.2 Å². The number of nitrogens with one attached hydrogen (secondary N) is 1. The maximum Gasteiger partial charge on any atom is 0.233 e. The molecule has 2 aliphatic heterocycles. The van der Waals surface area contributed by atoms with Gasteiger partial charge in [-0.1, -0.05) is 6.08 Å². The van der Waals surface area contributed by atoms with Crippen molar-refractivity contribution in [1.82, 2.24) is 10.2 Å². The number of ether oxygens (including phenoxy) is 1. The van der Waals surface area contributed by atoms with Gasteiger partial charge in [-0.3, -0.25) is 5.10 Å². The zero-order valence-corrected chi connectivity index (χ0v) is 10.0. The second-order valence-corrected chi connectivity index (χ2v) is 4.24. The van der Waals surface area contributed by atoms with Crippen LogP contribution in [0.15, 0.2) is 40.5 Å². The first-order chi connectivity index (χ1) is 8.93. The smallest absolute Gasteiger partial charge is 0.233 e. The summed E-state index contributed by atoms with van der Waals surface area (Å²) < 4.78 is 5.31. The van der Waals surface area contributed by atoms with Crippen molar-refractivity contribution in [3.8, 4) is 0 Å². The van der Waals surface area contributed by atoms with Gasteiger partial charge in [0, 0.05) is 19.2 Å². The molecule has 0 amide bonds. The lowest BCUT2D eigenvalue weighted by Crippen LogP contribution is -2.18. The molecule has 6 nitrogen and oxygen atoms in total. The van der Waals surface area contributed by atoms with Gasteiger partial charge in [0.2, 0.25) is 5.88 Å². The Morgan fingerprint density at radius 1 is 1.28 bits per heavy atom. The second kappa shape index (κ2) is 5.03. The van der Waals surface area contributed by atoms with Gasteiger partial charge in [0.25, 0.3) is 0 Å². The molecule has 1 aromatic heterocycles. The number of aromatic nitrogens is 2. The van der Waals surface area contributed by atoms with Crippen molar-refractivity contribution < 1.29 is 4.74 Å². The van der Waals surface area contributed by atoms with Crippen LogP contribution in [0.4, 0.5) is 11.5 Å². The number of H-pyrrole nitrogens is 1. The lowest BCUT2D eigenvalue weighted by atomic mass is 10.4. The summed E-state index contributed by atoms with van der Waals surface area (Å²) in [5, 5.41) is 15.3. The summed E-state index contributed by atoms with van der Waals surface area (Å²) >= 11 is 0. The van der Waals surface area contributed by atoms with Crippen LogP contribution in [0.5, 0.6) is 0 Å². The molecule has 3 rings (SSSR count). The van der Waals surface area contributed by atoms with Crippen LogP contribution in [0.3, 0.4) is 0 Å². The van der Waals surface area contributed by atoms with E-state index in [2.05, 4.69) is 25.3 Å². The van der Waals surface area contributed by atoms with Crippen molar-refractivity contribution >= 4 is 11.5 Å². The van der Waals surface area contributed by atoms with Gasteiger partial charge >= 0.3 is 0 Å². The van der Waals surface area contributed by atoms with E-state index in [1.807, 2.05) is 12.2 Å². The Morgan fingerprint density at radius 3 is 2.94 bits per heavy atom. The topological polar surface area (TPSA) is 65.9 Å². The van der Waals surface area contributed by atoms with Gasteiger partial charge in [-0.15, -0.1) is 10.2 Å². The van der Waals surface area contributed by atoms with Gasteiger partial charge in [-0.05, 0) is 18.9 Å². The van der Waals surface area contributed by atoms with Crippen molar-refractivity contribution in [1.29, 1.82) is 0 Å². The number of nitrogens with zero attached hydrogens (tertiary/aromatic N) is 4. The molecule has 0 radical (unpaired) electrons. The fourth-order valence-electron chi connectivity index (χ4n) is 2.07. The van der Waals surface area contributed by atoms with E-state index >= 15 is 0 Å². The molecule has 1 saturated heterocycles. The number of azo groups is 1. The minimum atomic E-state index is 0.533. The van der Waals surface area contributed by atoms with Gasteiger partial charge < -0.3 is 9.64 Å². The van der Waals surface area contributed by atoms with Gasteiger partial charge in [-0.2, -0.15) is 5.10 Å². The maximum absolute atomic E-state index is 5.31. The fraction of sp³-hybridized carbons (Fsp3) is 0.417. The monoisotopic (exact) mass is 245 g/mol. The highest BCUT2D eigenvalue weighted by Crippen LogP contribution is 2.29. The molecule has 0 aromatic carbocycles. The molecule has 18 heavy (non-hydrogen) atoms. The van der Waals surface area contributed by atoms with Crippen LogP contribution in [-0.4, -0.2) is 29.9 Å². The average Bonchev–Trinajstić information content (AvgIpc) is 3.08. The largest absolute Gasteiger partial charge is 0.472 e. The SMILES string of the molecule is C1=CCOC(N=Nc2cn[nH]c2N2CCCC2)=C1. The number of allylic oxidation sites excluding steroid dienone is 2. The van der Waals surface area contributed by atoms with Crippen LogP contribution in [-0.2, 0) is 4.74 Å². The third-order valence-corrected chi connectivity index (χ3v) is 2.98. The molecule has 0 atom stereocenters. The van der Waals surface area contributed by atoms with Crippen LogP contribution < -0.4 is 4.90 Å². The summed E-state index contributed by atoms with van der Waals surface area (Å²) in [7, 11) is 0. The first-order valence-electron chi connectivity index (χ1n) is 6.13. The Kier molecular flexibility index (Phi) is 3.08. The molecule has 1 N–H and O–H groups in total. The molecule has 0 saturated carbocycles. The first kappa shape index (κ1) is 11.0. The first-order valence-corrected chi connectivity index (χ1v) is 6.13. The highest BCUT2D eigenvalue weighted by molar-refractivity contribution is 5.60. The minimum absolute atomic E-state index is 0.533. The average molecular weight is 245 g/mol. The Morgan fingerprint density at radius 2 is 2.17 bits per heavy atom. The zero-order chi connectivity index (χ0) is 12.2. The molecule has 0 bridgehead atoms. The van der Waals surface area contributed by atoms with E-state index in [4.69, 9.17) is 4.74 Å². The highest BCUT2D eigenvalue weighted by atomic mass is 16.5. The Hall–Kier alpha value is -2.11. The van der Waals surface area contributed by atoms with Gasteiger partial charge in [0.15, 0.2) is 5.82 Å². The molecule has 0 unspecified atom stereocenters.